The molecule has 0 atom stereocenters. The first kappa shape index (κ1) is 14.5. The minimum Gasteiger partial charge on any atom is -0.468 e. The summed E-state index contributed by atoms with van der Waals surface area (Å²) in [5.74, 6) is 0.954. The van der Waals surface area contributed by atoms with Crippen LogP contribution in [0, 0.1) is 6.92 Å². The van der Waals surface area contributed by atoms with Crippen molar-refractivity contribution in [1.82, 2.24) is 19.7 Å². The fraction of sp³-hybridized carbons (Fsp3) is 0.294. The molecule has 114 valence electrons. The van der Waals surface area contributed by atoms with Gasteiger partial charge in [0.25, 0.3) is 0 Å². The summed E-state index contributed by atoms with van der Waals surface area (Å²) in [7, 11) is 1.98. The maximum Gasteiger partial charge on any atom is 0.117 e. The Labute approximate surface area is 130 Å². The average molecular weight is 296 g/mol. The topological polar surface area (TPSA) is 47.1 Å². The Morgan fingerprint density at radius 1 is 1.14 bits per heavy atom. The van der Waals surface area contributed by atoms with Crippen LogP contribution in [0.4, 0.5) is 0 Å². The Balaban J connectivity index is 1.79. The Morgan fingerprint density at radius 2 is 2.05 bits per heavy atom. The van der Waals surface area contributed by atoms with Crippen LogP contribution in [0.25, 0.3) is 0 Å². The zero-order valence-corrected chi connectivity index (χ0v) is 12.9. The SMILES string of the molecule is Cc1cnn(C)c1CN(Cc1ccccn1)Cc1ccco1. The number of aryl methyl sites for hydroxylation is 2. The minimum atomic E-state index is 0.744. The molecule has 5 heteroatoms. The van der Waals surface area contributed by atoms with Gasteiger partial charge in [-0.3, -0.25) is 14.6 Å². The molecule has 0 saturated heterocycles. The minimum absolute atomic E-state index is 0.744. The van der Waals surface area contributed by atoms with E-state index >= 15 is 0 Å². The van der Waals surface area contributed by atoms with Crippen molar-refractivity contribution in [1.29, 1.82) is 0 Å². The highest BCUT2D eigenvalue weighted by Crippen LogP contribution is 2.15. The van der Waals surface area contributed by atoms with Crippen LogP contribution in [0.15, 0.2) is 53.4 Å². The molecule has 0 aliphatic rings. The number of hydrogen-bond donors (Lipinski definition) is 0. The number of aromatic nitrogens is 3. The highest BCUT2D eigenvalue weighted by atomic mass is 16.3. The largest absolute Gasteiger partial charge is 0.468 e. The molecule has 0 saturated carbocycles. The van der Waals surface area contributed by atoms with Crippen molar-refractivity contribution >= 4 is 0 Å². The molecule has 3 heterocycles. The van der Waals surface area contributed by atoms with Crippen molar-refractivity contribution < 1.29 is 4.42 Å². The third kappa shape index (κ3) is 3.43. The molecule has 0 amide bonds. The van der Waals surface area contributed by atoms with Crippen LogP contribution in [-0.4, -0.2) is 19.7 Å². The first-order chi connectivity index (χ1) is 10.7. The molecule has 0 spiro atoms. The van der Waals surface area contributed by atoms with Crippen LogP contribution < -0.4 is 0 Å². The summed E-state index contributed by atoms with van der Waals surface area (Å²) in [6.07, 6.45) is 5.44. The van der Waals surface area contributed by atoms with Crippen LogP contribution >= 0.6 is 0 Å². The van der Waals surface area contributed by atoms with E-state index in [-0.39, 0.29) is 0 Å². The molecule has 5 nitrogen and oxygen atoms in total. The Kier molecular flexibility index (Phi) is 4.34. The molecular weight excluding hydrogens is 276 g/mol. The fourth-order valence-corrected chi connectivity index (χ4v) is 2.52. The van der Waals surface area contributed by atoms with Crippen LogP contribution in [0.1, 0.15) is 22.7 Å². The maximum atomic E-state index is 5.50. The van der Waals surface area contributed by atoms with Crippen molar-refractivity contribution in [3.05, 3.63) is 71.7 Å². The van der Waals surface area contributed by atoms with E-state index in [2.05, 4.69) is 21.9 Å². The lowest BCUT2D eigenvalue weighted by Gasteiger charge is -2.21. The molecule has 0 bridgehead atoms. The highest BCUT2D eigenvalue weighted by Gasteiger charge is 2.14. The lowest BCUT2D eigenvalue weighted by atomic mass is 10.2. The quantitative estimate of drug-likeness (QED) is 0.701. The summed E-state index contributed by atoms with van der Waals surface area (Å²) in [4.78, 5) is 6.74. The molecule has 0 unspecified atom stereocenters. The third-order valence-electron chi connectivity index (χ3n) is 3.72. The Morgan fingerprint density at radius 3 is 2.68 bits per heavy atom. The van der Waals surface area contributed by atoms with Gasteiger partial charge in [-0.05, 0) is 36.8 Å². The normalized spacial score (nSPS) is 11.2. The number of pyridine rings is 1. The van der Waals surface area contributed by atoms with E-state index in [4.69, 9.17) is 4.42 Å². The van der Waals surface area contributed by atoms with Crippen LogP contribution in [-0.2, 0) is 26.7 Å². The van der Waals surface area contributed by atoms with E-state index in [1.165, 1.54) is 11.3 Å². The summed E-state index contributed by atoms with van der Waals surface area (Å²) in [5, 5.41) is 4.32. The van der Waals surface area contributed by atoms with Crippen LogP contribution in [0.5, 0.6) is 0 Å². The van der Waals surface area contributed by atoms with Gasteiger partial charge in [-0.2, -0.15) is 5.10 Å². The van der Waals surface area contributed by atoms with Crippen molar-refractivity contribution in [3.8, 4) is 0 Å². The van der Waals surface area contributed by atoms with Crippen molar-refractivity contribution in [2.75, 3.05) is 0 Å². The molecule has 22 heavy (non-hydrogen) atoms. The number of nitrogens with zero attached hydrogens (tertiary/aromatic N) is 4. The molecule has 0 fully saturated rings. The van der Waals surface area contributed by atoms with Gasteiger partial charge < -0.3 is 4.42 Å². The first-order valence-electron chi connectivity index (χ1n) is 7.34. The van der Waals surface area contributed by atoms with Gasteiger partial charge in [0.05, 0.1) is 30.4 Å². The number of furan rings is 1. The third-order valence-corrected chi connectivity index (χ3v) is 3.72. The smallest absolute Gasteiger partial charge is 0.117 e. The lowest BCUT2D eigenvalue weighted by Crippen LogP contribution is -2.24. The zero-order valence-electron chi connectivity index (χ0n) is 12.9. The molecule has 0 radical (unpaired) electrons. The Bertz CT molecular complexity index is 684. The van der Waals surface area contributed by atoms with E-state index in [1.807, 2.05) is 54.5 Å². The predicted molar refractivity (Wildman–Crippen MR) is 83.8 cm³/mol. The summed E-state index contributed by atoms with van der Waals surface area (Å²) < 4.78 is 7.43. The monoisotopic (exact) mass is 296 g/mol. The van der Waals surface area contributed by atoms with Gasteiger partial charge in [-0.25, -0.2) is 0 Å². The lowest BCUT2D eigenvalue weighted by molar-refractivity contribution is 0.218. The zero-order chi connectivity index (χ0) is 15.4. The molecule has 0 aromatic carbocycles. The molecule has 3 rings (SSSR count). The standard InChI is InChI=1S/C17H20N4O/c1-14-10-19-20(2)17(14)13-21(12-16-7-5-9-22-16)11-15-6-3-4-8-18-15/h3-10H,11-13H2,1-2H3. The summed E-state index contributed by atoms with van der Waals surface area (Å²) in [6.45, 7) is 4.41. The number of hydrogen-bond acceptors (Lipinski definition) is 4. The molecule has 0 N–H and O–H groups in total. The van der Waals surface area contributed by atoms with E-state index in [0.29, 0.717) is 0 Å². The van der Waals surface area contributed by atoms with E-state index in [1.54, 1.807) is 6.26 Å². The first-order valence-corrected chi connectivity index (χ1v) is 7.34. The average Bonchev–Trinajstić information content (AvgIpc) is 3.13. The predicted octanol–water partition coefficient (Wildman–Crippen LogP) is 2.92. The van der Waals surface area contributed by atoms with Gasteiger partial charge in [0.2, 0.25) is 0 Å². The van der Waals surface area contributed by atoms with Crippen molar-refractivity contribution in [3.63, 3.8) is 0 Å². The summed E-state index contributed by atoms with van der Waals surface area (Å²) in [6, 6.07) is 9.92. The van der Waals surface area contributed by atoms with Gasteiger partial charge in [-0.1, -0.05) is 6.07 Å². The van der Waals surface area contributed by atoms with Gasteiger partial charge in [0.15, 0.2) is 0 Å². The van der Waals surface area contributed by atoms with Crippen LogP contribution in [0.2, 0.25) is 0 Å². The molecule has 0 aliphatic heterocycles. The Hall–Kier alpha value is -2.40. The van der Waals surface area contributed by atoms with Gasteiger partial charge in [-0.15, -0.1) is 0 Å². The molecule has 3 aromatic rings. The fourth-order valence-electron chi connectivity index (χ4n) is 2.52. The van der Waals surface area contributed by atoms with Crippen molar-refractivity contribution in [2.24, 2.45) is 7.05 Å². The molecular formula is C17H20N4O. The summed E-state index contributed by atoms with van der Waals surface area (Å²) in [5.41, 5.74) is 3.46. The van der Waals surface area contributed by atoms with Crippen molar-refractivity contribution in [2.45, 2.75) is 26.6 Å². The summed E-state index contributed by atoms with van der Waals surface area (Å²) >= 11 is 0. The number of rotatable bonds is 6. The van der Waals surface area contributed by atoms with E-state index in [0.717, 1.165) is 31.1 Å². The molecule has 3 aromatic heterocycles. The van der Waals surface area contributed by atoms with Gasteiger partial charge in [0, 0.05) is 26.3 Å². The second kappa shape index (κ2) is 6.58. The van der Waals surface area contributed by atoms with Gasteiger partial charge >= 0.3 is 0 Å². The van der Waals surface area contributed by atoms with E-state index < -0.39 is 0 Å². The van der Waals surface area contributed by atoms with Gasteiger partial charge in [0.1, 0.15) is 5.76 Å². The maximum absolute atomic E-state index is 5.50. The second-order valence-electron chi connectivity index (χ2n) is 5.44. The molecule has 0 aliphatic carbocycles. The highest BCUT2D eigenvalue weighted by molar-refractivity contribution is 5.15. The van der Waals surface area contributed by atoms with E-state index in [9.17, 15) is 0 Å². The van der Waals surface area contributed by atoms with Crippen LogP contribution in [0.3, 0.4) is 0 Å². The second-order valence-corrected chi connectivity index (χ2v) is 5.44.